The van der Waals surface area contributed by atoms with Crippen LogP contribution >= 0.6 is 0 Å². The van der Waals surface area contributed by atoms with Gasteiger partial charge in [-0.1, -0.05) is 5.16 Å². The third kappa shape index (κ3) is 1.99. The zero-order chi connectivity index (χ0) is 13.4. The average Bonchev–Trinajstić information content (AvgIpc) is 3.05. The molecule has 2 aromatic rings. The number of benzene rings is 1. The molecule has 1 aromatic heterocycles. The first kappa shape index (κ1) is 11.8. The van der Waals surface area contributed by atoms with Crippen molar-refractivity contribution in [2.45, 2.75) is 13.0 Å². The minimum Gasteiger partial charge on any atom is -0.454 e. The Morgan fingerprint density at radius 1 is 1.26 bits per heavy atom. The fraction of sp³-hybridized carbons (Fsp3) is 0.273. The highest BCUT2D eigenvalue weighted by atomic mass is 19.3. The summed E-state index contributed by atoms with van der Waals surface area (Å²) in [5.74, 6) is 0.877. The van der Waals surface area contributed by atoms with Crippen LogP contribution < -0.4 is 15.2 Å². The summed E-state index contributed by atoms with van der Waals surface area (Å²) in [6, 6.07) is 2.63. The average molecular weight is 269 g/mol. The fourth-order valence-electron chi connectivity index (χ4n) is 1.78. The molecule has 3 rings (SSSR count). The van der Waals surface area contributed by atoms with Crippen LogP contribution in [0.2, 0.25) is 0 Å². The highest BCUT2D eigenvalue weighted by Crippen LogP contribution is 2.41. The van der Waals surface area contributed by atoms with E-state index in [1.54, 1.807) is 0 Å². The molecule has 0 radical (unpaired) electrons. The van der Waals surface area contributed by atoms with Crippen molar-refractivity contribution in [2.24, 2.45) is 5.73 Å². The quantitative estimate of drug-likeness (QED) is 0.915. The predicted molar refractivity (Wildman–Crippen MR) is 58.7 cm³/mol. The maximum atomic E-state index is 13.1. The van der Waals surface area contributed by atoms with E-state index in [2.05, 4.69) is 10.1 Å². The van der Waals surface area contributed by atoms with E-state index >= 15 is 0 Å². The summed E-state index contributed by atoms with van der Waals surface area (Å²) >= 11 is 0. The second kappa shape index (κ2) is 4.47. The fourth-order valence-corrected chi connectivity index (χ4v) is 1.78. The molecule has 2 N–H and O–H groups in total. The number of hydrogen-bond acceptors (Lipinski definition) is 6. The van der Waals surface area contributed by atoms with E-state index in [0.29, 0.717) is 5.75 Å². The Morgan fingerprint density at radius 2 is 2.00 bits per heavy atom. The Morgan fingerprint density at radius 3 is 2.63 bits per heavy atom. The van der Waals surface area contributed by atoms with Crippen LogP contribution in [0.5, 0.6) is 11.5 Å². The first-order chi connectivity index (χ1) is 9.19. The summed E-state index contributed by atoms with van der Waals surface area (Å²) in [5, 5.41) is 3.63. The van der Waals surface area contributed by atoms with Gasteiger partial charge in [-0.15, -0.1) is 0 Å². The van der Waals surface area contributed by atoms with Gasteiger partial charge in [-0.3, -0.25) is 0 Å². The van der Waals surface area contributed by atoms with Crippen LogP contribution in [0.1, 0.15) is 17.9 Å². The number of hydrogen-bond donors (Lipinski definition) is 1. The molecule has 1 aliphatic heterocycles. The Balaban J connectivity index is 2.13. The highest BCUT2D eigenvalue weighted by Gasteiger charge is 2.24. The smallest absolute Gasteiger partial charge is 0.264 e. The highest BCUT2D eigenvalue weighted by molar-refractivity contribution is 5.66. The van der Waals surface area contributed by atoms with Crippen LogP contribution in [-0.4, -0.2) is 16.9 Å². The third-order valence-electron chi connectivity index (χ3n) is 2.66. The molecule has 0 bridgehead atoms. The summed E-state index contributed by atoms with van der Waals surface area (Å²) in [4.78, 5) is 3.94. The predicted octanol–water partition coefficient (Wildman–Crippen LogP) is 1.86. The van der Waals surface area contributed by atoms with E-state index in [1.165, 1.54) is 12.1 Å². The number of nitrogens with two attached hydrogens (primary N) is 1. The lowest BCUT2D eigenvalue weighted by Gasteiger charge is -2.07. The summed E-state index contributed by atoms with van der Waals surface area (Å²) in [5.41, 5.74) is 5.24. The maximum absolute atomic E-state index is 13.1. The van der Waals surface area contributed by atoms with Gasteiger partial charge in [0.05, 0.1) is 6.54 Å². The Bertz CT molecular complexity index is 615. The van der Waals surface area contributed by atoms with Crippen LogP contribution in [-0.2, 0) is 6.54 Å². The zero-order valence-corrected chi connectivity index (χ0v) is 9.60. The van der Waals surface area contributed by atoms with Gasteiger partial charge in [0.1, 0.15) is 0 Å². The molecular weight excluding hydrogens is 260 g/mol. The number of alkyl halides is 2. The topological polar surface area (TPSA) is 83.4 Å². The molecule has 8 heteroatoms. The molecule has 0 amide bonds. The van der Waals surface area contributed by atoms with Crippen LogP contribution in [0, 0.1) is 0 Å². The van der Waals surface area contributed by atoms with E-state index in [-0.39, 0.29) is 41.9 Å². The standard InChI is InChI=1S/C11H9F2N3O3/c12-10(13)5-1-7-8(18-4-17-7)2-6(5)11-15-9(3-14)19-16-11/h1-2,10H,3-4,14H2. The zero-order valence-electron chi connectivity index (χ0n) is 9.60. The third-order valence-corrected chi connectivity index (χ3v) is 2.66. The minimum absolute atomic E-state index is 0.00174. The number of rotatable bonds is 3. The molecule has 2 heterocycles. The van der Waals surface area contributed by atoms with Crippen molar-refractivity contribution >= 4 is 0 Å². The van der Waals surface area contributed by atoms with Crippen molar-refractivity contribution < 1.29 is 22.8 Å². The first-order valence-corrected chi connectivity index (χ1v) is 5.43. The molecule has 0 atom stereocenters. The second-order valence-corrected chi connectivity index (χ2v) is 3.81. The van der Waals surface area contributed by atoms with Gasteiger partial charge in [-0.05, 0) is 12.1 Å². The molecule has 0 aliphatic carbocycles. The van der Waals surface area contributed by atoms with Crippen LogP contribution in [0.25, 0.3) is 11.4 Å². The summed E-state index contributed by atoms with van der Waals surface area (Å²) in [6.45, 7) is 0.0450. The van der Waals surface area contributed by atoms with Crippen LogP contribution in [0.4, 0.5) is 8.78 Å². The van der Waals surface area contributed by atoms with Gasteiger partial charge in [0.25, 0.3) is 6.43 Å². The van der Waals surface area contributed by atoms with Crippen molar-refractivity contribution in [3.8, 4) is 22.9 Å². The minimum atomic E-state index is -2.69. The summed E-state index contributed by atoms with van der Waals surface area (Å²) < 4.78 is 41.2. The van der Waals surface area contributed by atoms with E-state index in [4.69, 9.17) is 19.7 Å². The van der Waals surface area contributed by atoms with E-state index < -0.39 is 6.43 Å². The maximum Gasteiger partial charge on any atom is 0.264 e. The van der Waals surface area contributed by atoms with Crippen molar-refractivity contribution in [3.63, 3.8) is 0 Å². The lowest BCUT2D eigenvalue weighted by molar-refractivity contribution is 0.151. The van der Waals surface area contributed by atoms with Gasteiger partial charge in [0, 0.05) is 11.1 Å². The normalized spacial score (nSPS) is 13.3. The monoisotopic (exact) mass is 269 g/mol. The van der Waals surface area contributed by atoms with Gasteiger partial charge in [0.15, 0.2) is 11.5 Å². The number of halogens is 2. The van der Waals surface area contributed by atoms with E-state index in [1.807, 2.05) is 0 Å². The van der Waals surface area contributed by atoms with Crippen molar-refractivity contribution in [2.75, 3.05) is 6.79 Å². The molecule has 0 saturated heterocycles. The Kier molecular flexibility index (Phi) is 2.79. The number of fused-ring (bicyclic) bond motifs is 1. The molecule has 0 fully saturated rings. The molecule has 100 valence electrons. The van der Waals surface area contributed by atoms with Gasteiger partial charge < -0.3 is 19.7 Å². The Hall–Kier alpha value is -2.22. The molecule has 0 saturated carbocycles. The Labute approximate surface area is 106 Å². The summed E-state index contributed by atoms with van der Waals surface area (Å²) in [7, 11) is 0. The number of aromatic nitrogens is 2. The molecule has 1 aliphatic rings. The lowest BCUT2D eigenvalue weighted by atomic mass is 10.1. The van der Waals surface area contributed by atoms with Gasteiger partial charge in [0.2, 0.25) is 18.5 Å². The van der Waals surface area contributed by atoms with Gasteiger partial charge >= 0.3 is 0 Å². The van der Waals surface area contributed by atoms with Crippen LogP contribution in [0.3, 0.4) is 0 Å². The largest absolute Gasteiger partial charge is 0.454 e. The molecule has 0 spiro atoms. The number of ether oxygens (including phenoxy) is 2. The van der Waals surface area contributed by atoms with Crippen molar-refractivity contribution in [1.29, 1.82) is 0 Å². The number of nitrogens with zero attached hydrogens (tertiary/aromatic N) is 2. The molecule has 19 heavy (non-hydrogen) atoms. The molecule has 0 unspecified atom stereocenters. The van der Waals surface area contributed by atoms with Crippen molar-refractivity contribution in [3.05, 3.63) is 23.6 Å². The molecule has 1 aromatic carbocycles. The molecular formula is C11H9F2N3O3. The summed E-state index contributed by atoms with van der Waals surface area (Å²) in [6.07, 6.45) is -2.69. The van der Waals surface area contributed by atoms with Gasteiger partial charge in [-0.2, -0.15) is 4.98 Å². The van der Waals surface area contributed by atoms with Crippen molar-refractivity contribution in [1.82, 2.24) is 10.1 Å². The first-order valence-electron chi connectivity index (χ1n) is 5.43. The lowest BCUT2D eigenvalue weighted by Crippen LogP contribution is -1.96. The van der Waals surface area contributed by atoms with E-state index in [9.17, 15) is 8.78 Å². The van der Waals surface area contributed by atoms with Crippen LogP contribution in [0.15, 0.2) is 16.7 Å². The molecule has 6 nitrogen and oxygen atoms in total. The van der Waals surface area contributed by atoms with Gasteiger partial charge in [-0.25, -0.2) is 8.78 Å². The SMILES string of the molecule is NCc1nc(-c2cc3c(cc2C(F)F)OCO3)no1. The van der Waals surface area contributed by atoms with E-state index in [0.717, 1.165) is 0 Å². The second-order valence-electron chi connectivity index (χ2n) is 3.81.